The largest absolute Gasteiger partial charge is 0.344 e. The molecule has 0 saturated carbocycles. The van der Waals surface area contributed by atoms with Crippen molar-refractivity contribution in [1.82, 2.24) is 15.8 Å². The normalized spacial score (nSPS) is 19.7. The Hall–Kier alpha value is -3.29. The smallest absolute Gasteiger partial charge is 0.318 e. The van der Waals surface area contributed by atoms with E-state index in [-0.39, 0.29) is 0 Å². The topological polar surface area (TPSA) is 78.5 Å². The van der Waals surface area contributed by atoms with Gasteiger partial charge in [-0.05, 0) is 30.7 Å². The molecule has 1 aliphatic rings. The molecule has 6 nitrogen and oxygen atoms in total. The summed E-state index contributed by atoms with van der Waals surface area (Å²) in [6.45, 7) is 1.48. The quantitative estimate of drug-likeness (QED) is 0.836. The van der Waals surface area contributed by atoms with Crippen LogP contribution in [0, 0.1) is 11.6 Å². The van der Waals surface area contributed by atoms with Crippen molar-refractivity contribution in [2.24, 2.45) is 0 Å². The van der Waals surface area contributed by atoms with Gasteiger partial charge in [-0.15, -0.1) is 0 Å². The third-order valence-electron chi connectivity index (χ3n) is 3.93. The highest BCUT2D eigenvalue weighted by Gasteiger charge is 2.50. The van der Waals surface area contributed by atoms with Gasteiger partial charge in [-0.25, -0.2) is 13.6 Å². The fraction of sp³-hybridized carbons (Fsp3) is 0.118. The molecule has 2 N–H and O–H groups in total. The summed E-state index contributed by atoms with van der Waals surface area (Å²) in [6, 6.07) is 9.88. The molecular formula is C17H13F2N3O3. The van der Waals surface area contributed by atoms with Crippen molar-refractivity contribution in [1.29, 1.82) is 0 Å². The maximum Gasteiger partial charge on any atom is 0.344 e. The fourth-order valence-corrected chi connectivity index (χ4v) is 2.54. The highest BCUT2D eigenvalue weighted by atomic mass is 19.1. The van der Waals surface area contributed by atoms with Crippen LogP contribution in [0.4, 0.5) is 13.6 Å². The van der Waals surface area contributed by atoms with Crippen LogP contribution in [-0.4, -0.2) is 22.9 Å². The molecule has 4 amide bonds. The Kier molecular flexibility index (Phi) is 3.96. The molecule has 0 radical (unpaired) electrons. The summed E-state index contributed by atoms with van der Waals surface area (Å²) >= 11 is 0. The molecule has 25 heavy (non-hydrogen) atoms. The summed E-state index contributed by atoms with van der Waals surface area (Å²) in [5.74, 6) is -3.65. The van der Waals surface area contributed by atoms with Crippen LogP contribution in [0.2, 0.25) is 0 Å². The van der Waals surface area contributed by atoms with Crippen LogP contribution in [0.25, 0.3) is 0 Å². The second-order valence-electron chi connectivity index (χ2n) is 5.63. The van der Waals surface area contributed by atoms with Crippen molar-refractivity contribution >= 4 is 17.8 Å². The monoisotopic (exact) mass is 345 g/mol. The number of carbonyl (C=O) groups is 3. The molecule has 8 heteroatoms. The first-order valence-corrected chi connectivity index (χ1v) is 7.31. The molecule has 3 rings (SSSR count). The number of halogens is 2. The lowest BCUT2D eigenvalue weighted by Gasteiger charge is -2.22. The lowest BCUT2D eigenvalue weighted by molar-refractivity contribution is -0.132. The average molecular weight is 345 g/mol. The highest BCUT2D eigenvalue weighted by Crippen LogP contribution is 2.27. The van der Waals surface area contributed by atoms with Crippen LogP contribution in [-0.2, 0) is 10.3 Å². The van der Waals surface area contributed by atoms with Crippen LogP contribution in [0.3, 0.4) is 0 Å². The fourth-order valence-electron chi connectivity index (χ4n) is 2.54. The maximum absolute atomic E-state index is 13.7. The Morgan fingerprint density at radius 1 is 1.12 bits per heavy atom. The Morgan fingerprint density at radius 2 is 1.80 bits per heavy atom. The summed E-state index contributed by atoms with van der Waals surface area (Å²) in [4.78, 5) is 36.8. The van der Waals surface area contributed by atoms with Gasteiger partial charge in [0.1, 0.15) is 17.2 Å². The molecule has 2 aromatic carbocycles. The first-order chi connectivity index (χ1) is 11.8. The van der Waals surface area contributed by atoms with E-state index < -0.39 is 40.6 Å². The molecule has 1 fully saturated rings. The number of carbonyl (C=O) groups excluding carboxylic acids is 3. The molecule has 1 atom stereocenters. The number of hydrogen-bond acceptors (Lipinski definition) is 3. The van der Waals surface area contributed by atoms with Gasteiger partial charge in [-0.3, -0.25) is 15.0 Å². The number of nitrogens with one attached hydrogen (secondary N) is 2. The van der Waals surface area contributed by atoms with Crippen molar-refractivity contribution in [3.8, 4) is 0 Å². The van der Waals surface area contributed by atoms with Crippen molar-refractivity contribution in [2.75, 3.05) is 0 Å². The van der Waals surface area contributed by atoms with Crippen molar-refractivity contribution in [3.63, 3.8) is 0 Å². The van der Waals surface area contributed by atoms with Gasteiger partial charge >= 0.3 is 6.03 Å². The van der Waals surface area contributed by atoms with Crippen LogP contribution < -0.4 is 10.7 Å². The Labute approximate surface area is 141 Å². The van der Waals surface area contributed by atoms with E-state index in [1.807, 2.05) is 5.43 Å². The second-order valence-corrected chi connectivity index (χ2v) is 5.63. The van der Waals surface area contributed by atoms with Crippen molar-refractivity contribution in [3.05, 3.63) is 71.3 Å². The predicted molar refractivity (Wildman–Crippen MR) is 83.0 cm³/mol. The predicted octanol–water partition coefficient (Wildman–Crippen LogP) is 2.08. The number of benzene rings is 2. The molecule has 0 spiro atoms. The van der Waals surface area contributed by atoms with Crippen LogP contribution in [0.15, 0.2) is 48.5 Å². The molecule has 2 aromatic rings. The lowest BCUT2D eigenvalue weighted by atomic mass is 9.92. The van der Waals surface area contributed by atoms with E-state index in [2.05, 4.69) is 5.32 Å². The van der Waals surface area contributed by atoms with Crippen LogP contribution in [0.1, 0.15) is 22.8 Å². The standard InChI is InChI=1S/C17H13F2N3O3/c1-17(10-5-3-2-4-6-10)15(24)22(16(25)20-17)21-14(23)12-9-11(18)7-8-13(12)19/h2-9H,1H3,(H,20,25)(H,21,23). The van der Waals surface area contributed by atoms with Gasteiger partial charge < -0.3 is 5.32 Å². The molecule has 1 aliphatic heterocycles. The molecule has 1 unspecified atom stereocenters. The number of urea groups is 1. The molecule has 128 valence electrons. The minimum atomic E-state index is -1.38. The summed E-state index contributed by atoms with van der Waals surface area (Å²) in [5.41, 5.74) is 0.530. The zero-order valence-corrected chi connectivity index (χ0v) is 13.0. The average Bonchev–Trinajstić information content (AvgIpc) is 2.82. The van der Waals surface area contributed by atoms with E-state index in [0.29, 0.717) is 16.6 Å². The molecule has 0 aromatic heterocycles. The molecule has 1 saturated heterocycles. The number of imide groups is 1. The molecule has 0 aliphatic carbocycles. The van der Waals surface area contributed by atoms with Crippen LogP contribution >= 0.6 is 0 Å². The van der Waals surface area contributed by atoms with Crippen molar-refractivity contribution < 1.29 is 23.2 Å². The van der Waals surface area contributed by atoms with Gasteiger partial charge in [-0.1, -0.05) is 30.3 Å². The zero-order valence-electron chi connectivity index (χ0n) is 13.0. The maximum atomic E-state index is 13.7. The number of nitrogens with zero attached hydrogens (tertiary/aromatic N) is 1. The van der Waals surface area contributed by atoms with E-state index in [0.717, 1.165) is 12.1 Å². The Bertz CT molecular complexity index is 873. The van der Waals surface area contributed by atoms with E-state index >= 15 is 0 Å². The SMILES string of the molecule is CC1(c2ccccc2)NC(=O)N(NC(=O)c2cc(F)ccc2F)C1=O. The van der Waals surface area contributed by atoms with Gasteiger partial charge in [-0.2, -0.15) is 5.01 Å². The summed E-state index contributed by atoms with van der Waals surface area (Å²) in [6.07, 6.45) is 0. The number of hydrogen-bond donors (Lipinski definition) is 2. The Morgan fingerprint density at radius 3 is 2.48 bits per heavy atom. The van der Waals surface area contributed by atoms with Crippen LogP contribution in [0.5, 0.6) is 0 Å². The number of rotatable bonds is 3. The van der Waals surface area contributed by atoms with E-state index in [9.17, 15) is 23.2 Å². The molecular weight excluding hydrogens is 332 g/mol. The summed E-state index contributed by atoms with van der Waals surface area (Å²) in [5, 5.41) is 2.94. The third kappa shape index (κ3) is 2.82. The van der Waals surface area contributed by atoms with E-state index in [4.69, 9.17) is 0 Å². The van der Waals surface area contributed by atoms with E-state index in [1.165, 1.54) is 6.92 Å². The zero-order chi connectivity index (χ0) is 18.2. The first kappa shape index (κ1) is 16.6. The summed E-state index contributed by atoms with van der Waals surface area (Å²) < 4.78 is 26.9. The second kappa shape index (κ2) is 5.97. The van der Waals surface area contributed by atoms with Gasteiger partial charge in [0.25, 0.3) is 11.8 Å². The Balaban J connectivity index is 1.86. The van der Waals surface area contributed by atoms with Crippen molar-refractivity contribution in [2.45, 2.75) is 12.5 Å². The summed E-state index contributed by atoms with van der Waals surface area (Å²) in [7, 11) is 0. The van der Waals surface area contributed by atoms with Gasteiger partial charge in [0, 0.05) is 0 Å². The van der Waals surface area contributed by atoms with Gasteiger partial charge in [0.2, 0.25) is 0 Å². The van der Waals surface area contributed by atoms with Gasteiger partial charge in [0.05, 0.1) is 5.56 Å². The number of hydrazine groups is 1. The van der Waals surface area contributed by atoms with E-state index in [1.54, 1.807) is 30.3 Å². The first-order valence-electron chi connectivity index (χ1n) is 7.31. The highest BCUT2D eigenvalue weighted by molar-refractivity contribution is 6.09. The molecule has 1 heterocycles. The van der Waals surface area contributed by atoms with Gasteiger partial charge in [0.15, 0.2) is 0 Å². The minimum Gasteiger partial charge on any atom is -0.318 e. The molecule has 0 bridgehead atoms. The third-order valence-corrected chi connectivity index (χ3v) is 3.93. The lowest BCUT2D eigenvalue weighted by Crippen LogP contribution is -2.48. The number of amides is 4. The minimum absolute atomic E-state index is 0.458.